The molecule has 0 saturated carbocycles. The lowest BCUT2D eigenvalue weighted by Crippen LogP contribution is -2.23. The Bertz CT molecular complexity index is 699. The molecule has 0 atom stereocenters. The van der Waals surface area contributed by atoms with Crippen molar-refractivity contribution in [3.05, 3.63) is 90.5 Å². The molecule has 0 aliphatic heterocycles. The molecule has 124 valence electrons. The standard InChI is InChI=1S/C22H23P.BrH/c1-18(2)17-19-11-9-10-16-22(19)23(20-12-5-3-6-13-20)21-14-7-4-8-15-21;/h3-16,18H,17H2,1-2H3;1H. The summed E-state index contributed by atoms with van der Waals surface area (Å²) in [5, 5.41) is 4.34. The third-order valence-electron chi connectivity index (χ3n) is 3.89. The normalized spacial score (nSPS) is 10.7. The summed E-state index contributed by atoms with van der Waals surface area (Å²) in [7, 11) is -0.497. The van der Waals surface area contributed by atoms with Crippen molar-refractivity contribution in [3.63, 3.8) is 0 Å². The molecule has 0 radical (unpaired) electrons. The van der Waals surface area contributed by atoms with Crippen LogP contribution in [0.2, 0.25) is 0 Å². The molecule has 0 aliphatic rings. The van der Waals surface area contributed by atoms with Crippen molar-refractivity contribution in [1.29, 1.82) is 0 Å². The van der Waals surface area contributed by atoms with Gasteiger partial charge in [-0.2, -0.15) is 0 Å². The fourth-order valence-corrected chi connectivity index (χ4v) is 5.41. The average molecular weight is 399 g/mol. The zero-order valence-corrected chi connectivity index (χ0v) is 16.8. The van der Waals surface area contributed by atoms with E-state index in [9.17, 15) is 0 Å². The van der Waals surface area contributed by atoms with E-state index in [0.29, 0.717) is 5.92 Å². The van der Waals surface area contributed by atoms with E-state index in [-0.39, 0.29) is 17.0 Å². The van der Waals surface area contributed by atoms with Crippen LogP contribution in [0.3, 0.4) is 0 Å². The van der Waals surface area contributed by atoms with Gasteiger partial charge in [-0.3, -0.25) is 0 Å². The summed E-state index contributed by atoms with van der Waals surface area (Å²) in [6, 6.07) is 30.9. The molecule has 0 spiro atoms. The van der Waals surface area contributed by atoms with E-state index in [1.165, 1.54) is 21.5 Å². The van der Waals surface area contributed by atoms with Crippen molar-refractivity contribution in [2.75, 3.05) is 0 Å². The minimum absolute atomic E-state index is 0. The Morgan fingerprint density at radius 2 is 1.12 bits per heavy atom. The van der Waals surface area contributed by atoms with Crippen LogP contribution >= 0.6 is 24.9 Å². The molecule has 0 aliphatic carbocycles. The minimum atomic E-state index is -0.497. The van der Waals surface area contributed by atoms with Crippen LogP contribution in [0.15, 0.2) is 84.9 Å². The van der Waals surface area contributed by atoms with Gasteiger partial charge in [0.05, 0.1) is 0 Å². The highest BCUT2D eigenvalue weighted by atomic mass is 79.9. The highest BCUT2D eigenvalue weighted by molar-refractivity contribution is 8.93. The maximum Gasteiger partial charge on any atom is -0.0119 e. The third kappa shape index (κ3) is 4.56. The lowest BCUT2D eigenvalue weighted by Gasteiger charge is -2.23. The van der Waals surface area contributed by atoms with E-state index >= 15 is 0 Å². The molecule has 0 amide bonds. The van der Waals surface area contributed by atoms with Crippen LogP contribution in [0.25, 0.3) is 0 Å². The molecular weight excluding hydrogens is 375 g/mol. The van der Waals surface area contributed by atoms with Crippen molar-refractivity contribution in [3.8, 4) is 0 Å². The van der Waals surface area contributed by atoms with Crippen LogP contribution in [0.4, 0.5) is 0 Å². The van der Waals surface area contributed by atoms with Gasteiger partial charge in [0, 0.05) is 0 Å². The number of halogens is 1. The zero-order valence-electron chi connectivity index (χ0n) is 14.2. The lowest BCUT2D eigenvalue weighted by molar-refractivity contribution is 0.649. The van der Waals surface area contributed by atoms with Crippen LogP contribution in [-0.4, -0.2) is 0 Å². The predicted molar refractivity (Wildman–Crippen MR) is 114 cm³/mol. The van der Waals surface area contributed by atoms with E-state index < -0.39 is 7.92 Å². The van der Waals surface area contributed by atoms with Crippen LogP contribution in [0, 0.1) is 5.92 Å². The summed E-state index contributed by atoms with van der Waals surface area (Å²) >= 11 is 0. The zero-order chi connectivity index (χ0) is 16.1. The average Bonchev–Trinajstić information content (AvgIpc) is 2.58. The summed E-state index contributed by atoms with van der Waals surface area (Å²) in [4.78, 5) is 0. The van der Waals surface area contributed by atoms with Gasteiger partial charge < -0.3 is 0 Å². The van der Waals surface area contributed by atoms with Crippen molar-refractivity contribution in [2.45, 2.75) is 20.3 Å². The molecule has 0 N–H and O–H groups in total. The van der Waals surface area contributed by atoms with E-state index in [2.05, 4.69) is 98.8 Å². The highest BCUT2D eigenvalue weighted by Crippen LogP contribution is 2.34. The van der Waals surface area contributed by atoms with Crippen LogP contribution in [0.1, 0.15) is 19.4 Å². The molecular formula is C22H24BrP. The van der Waals surface area contributed by atoms with Gasteiger partial charge in [0.25, 0.3) is 0 Å². The molecule has 0 bridgehead atoms. The van der Waals surface area contributed by atoms with Crippen LogP contribution < -0.4 is 15.9 Å². The van der Waals surface area contributed by atoms with Gasteiger partial charge in [-0.05, 0) is 41.7 Å². The van der Waals surface area contributed by atoms with Gasteiger partial charge in [-0.15, -0.1) is 17.0 Å². The van der Waals surface area contributed by atoms with Gasteiger partial charge in [0.15, 0.2) is 0 Å². The Morgan fingerprint density at radius 3 is 1.62 bits per heavy atom. The Hall–Kier alpha value is -1.43. The second-order valence-corrected chi connectivity index (χ2v) is 8.42. The van der Waals surface area contributed by atoms with Crippen molar-refractivity contribution in [1.82, 2.24) is 0 Å². The van der Waals surface area contributed by atoms with Gasteiger partial charge in [0.1, 0.15) is 0 Å². The number of hydrogen-bond acceptors (Lipinski definition) is 0. The van der Waals surface area contributed by atoms with Crippen molar-refractivity contribution < 1.29 is 0 Å². The first-order valence-electron chi connectivity index (χ1n) is 8.24. The predicted octanol–water partition coefficient (Wildman–Crippen LogP) is 5.22. The smallest absolute Gasteiger partial charge is 0.0119 e. The molecule has 0 saturated heterocycles. The first-order chi connectivity index (χ1) is 11.3. The molecule has 0 heterocycles. The Kier molecular flexibility index (Phi) is 7.21. The second-order valence-electron chi connectivity index (χ2n) is 6.23. The molecule has 3 aromatic carbocycles. The van der Waals surface area contributed by atoms with Gasteiger partial charge in [-0.25, -0.2) is 0 Å². The van der Waals surface area contributed by atoms with Gasteiger partial charge >= 0.3 is 0 Å². The second kappa shape index (κ2) is 9.16. The molecule has 3 aromatic rings. The van der Waals surface area contributed by atoms with E-state index in [1.807, 2.05) is 0 Å². The molecule has 3 rings (SSSR count). The monoisotopic (exact) mass is 398 g/mol. The summed E-state index contributed by atoms with van der Waals surface area (Å²) < 4.78 is 0. The van der Waals surface area contributed by atoms with Crippen LogP contribution in [0.5, 0.6) is 0 Å². The maximum atomic E-state index is 2.32. The maximum absolute atomic E-state index is 2.32. The summed E-state index contributed by atoms with van der Waals surface area (Å²) in [5.74, 6) is 0.666. The molecule has 2 heteroatoms. The van der Waals surface area contributed by atoms with Crippen molar-refractivity contribution >= 4 is 40.8 Å². The highest BCUT2D eigenvalue weighted by Gasteiger charge is 2.19. The number of rotatable bonds is 5. The van der Waals surface area contributed by atoms with E-state index in [0.717, 1.165) is 6.42 Å². The van der Waals surface area contributed by atoms with E-state index in [1.54, 1.807) is 0 Å². The molecule has 0 fully saturated rings. The lowest BCUT2D eigenvalue weighted by atomic mass is 10.0. The Balaban J connectivity index is 0.00000208. The molecule has 0 aromatic heterocycles. The molecule has 24 heavy (non-hydrogen) atoms. The largest absolute Gasteiger partial charge is 0.114 e. The van der Waals surface area contributed by atoms with Crippen molar-refractivity contribution in [2.24, 2.45) is 5.92 Å². The number of benzene rings is 3. The van der Waals surface area contributed by atoms with Gasteiger partial charge in [-0.1, -0.05) is 98.8 Å². The fraction of sp³-hybridized carbons (Fsp3) is 0.182. The third-order valence-corrected chi connectivity index (χ3v) is 6.44. The van der Waals surface area contributed by atoms with Crippen LogP contribution in [-0.2, 0) is 6.42 Å². The molecule has 0 nitrogen and oxygen atoms in total. The fourth-order valence-electron chi connectivity index (χ4n) is 2.92. The minimum Gasteiger partial charge on any atom is -0.114 e. The molecule has 0 unspecified atom stereocenters. The SMILES string of the molecule is Br.CC(C)Cc1ccccc1P(c1ccccc1)c1ccccc1. The summed E-state index contributed by atoms with van der Waals surface area (Å²) in [6.07, 6.45) is 1.13. The Labute approximate surface area is 157 Å². The first-order valence-corrected chi connectivity index (χ1v) is 9.58. The van der Waals surface area contributed by atoms with Gasteiger partial charge in [0.2, 0.25) is 0 Å². The summed E-state index contributed by atoms with van der Waals surface area (Å²) in [5.41, 5.74) is 1.49. The quantitative estimate of drug-likeness (QED) is 0.516. The first kappa shape index (κ1) is 18.9. The Morgan fingerprint density at radius 1 is 0.667 bits per heavy atom. The summed E-state index contributed by atoms with van der Waals surface area (Å²) in [6.45, 7) is 4.59. The topological polar surface area (TPSA) is 0 Å². The van der Waals surface area contributed by atoms with E-state index in [4.69, 9.17) is 0 Å². The number of hydrogen-bond donors (Lipinski definition) is 0.